The van der Waals surface area contributed by atoms with Crippen molar-refractivity contribution in [2.75, 3.05) is 6.54 Å². The topological polar surface area (TPSA) is 55.8 Å². The molecular weight excluding hydrogens is 330 g/mol. The first kappa shape index (κ1) is 16.2. The highest BCUT2D eigenvalue weighted by atomic mass is 16.6. The highest BCUT2D eigenvalue weighted by molar-refractivity contribution is 5.74. The van der Waals surface area contributed by atoms with Crippen LogP contribution < -0.4 is 4.74 Å². The van der Waals surface area contributed by atoms with Gasteiger partial charge in [0.15, 0.2) is 0 Å². The van der Waals surface area contributed by atoms with Crippen LogP contribution in [0.15, 0.2) is 12.1 Å². The first-order chi connectivity index (χ1) is 12.4. The number of rotatable bonds is 1. The van der Waals surface area contributed by atoms with Gasteiger partial charge in [0.05, 0.1) is 0 Å². The lowest BCUT2D eigenvalue weighted by Crippen LogP contribution is -2.67. The molecule has 1 spiro atoms. The third kappa shape index (κ3) is 1.86. The molecule has 138 valence electrons. The van der Waals surface area contributed by atoms with Crippen molar-refractivity contribution in [2.45, 2.75) is 70.1 Å². The summed E-state index contributed by atoms with van der Waals surface area (Å²) in [5, 5.41) is 0. The average molecular weight is 355 g/mol. The van der Waals surface area contributed by atoms with Gasteiger partial charge in [-0.1, -0.05) is 12.1 Å². The Labute approximate surface area is 153 Å². The number of esters is 1. The molecule has 26 heavy (non-hydrogen) atoms. The van der Waals surface area contributed by atoms with Crippen molar-refractivity contribution >= 4 is 11.9 Å². The molecule has 2 heterocycles. The van der Waals surface area contributed by atoms with Crippen LogP contribution in [0.3, 0.4) is 0 Å². The number of ether oxygens (including phenoxy) is 2. The summed E-state index contributed by atoms with van der Waals surface area (Å²) in [5.74, 6) is 1.31. The zero-order valence-electron chi connectivity index (χ0n) is 15.6. The van der Waals surface area contributed by atoms with Crippen LogP contribution in [0.4, 0.5) is 0 Å². The van der Waals surface area contributed by atoms with E-state index < -0.39 is 0 Å². The van der Waals surface area contributed by atoms with Crippen molar-refractivity contribution < 1.29 is 19.1 Å². The van der Waals surface area contributed by atoms with Crippen LogP contribution in [0.5, 0.6) is 5.75 Å². The van der Waals surface area contributed by atoms with Gasteiger partial charge in [0.25, 0.3) is 0 Å². The van der Waals surface area contributed by atoms with Gasteiger partial charge in [0.2, 0.25) is 5.91 Å². The minimum absolute atomic E-state index is 0.121. The van der Waals surface area contributed by atoms with Crippen LogP contribution in [-0.4, -0.2) is 41.6 Å². The fourth-order valence-corrected chi connectivity index (χ4v) is 6.37. The minimum atomic E-state index is -0.241. The number of amides is 1. The quantitative estimate of drug-likeness (QED) is 0.727. The maximum atomic E-state index is 12.3. The molecule has 1 saturated carbocycles. The Hall–Kier alpha value is -2.04. The minimum Gasteiger partial charge on any atom is -0.485 e. The molecule has 5 nitrogen and oxygen atoms in total. The Morgan fingerprint density at radius 2 is 2.08 bits per heavy atom. The number of hydrogen-bond acceptors (Lipinski definition) is 4. The molecule has 1 aromatic rings. The molecule has 2 fully saturated rings. The Bertz CT molecular complexity index is 818. The Balaban J connectivity index is 1.69. The van der Waals surface area contributed by atoms with Crippen LogP contribution in [-0.2, 0) is 26.2 Å². The van der Waals surface area contributed by atoms with Crippen LogP contribution >= 0.6 is 0 Å². The number of nitrogens with zero attached hydrogens (tertiary/aromatic N) is 1. The van der Waals surface area contributed by atoms with E-state index in [1.165, 1.54) is 18.1 Å². The standard InChI is InChI=1S/C21H25NO4/c1-11-4-5-14-10-16-15-6-7-17(25-13(3)24)20-21(15,18(14)19(11)26-20)8-9-22(16)12(2)23/h4-5,15-17,20H,6-10H2,1-3H3/t15-,16+,17?,20-,21-/m1/s1. The van der Waals surface area contributed by atoms with Gasteiger partial charge < -0.3 is 14.4 Å². The molecule has 1 unspecified atom stereocenters. The number of carbonyl (C=O) groups excluding carboxylic acids is 2. The van der Waals surface area contributed by atoms with E-state index in [-0.39, 0.29) is 35.5 Å². The van der Waals surface area contributed by atoms with Gasteiger partial charge >= 0.3 is 5.97 Å². The molecular formula is C21H25NO4. The highest BCUT2D eigenvalue weighted by Gasteiger charge is 2.66. The predicted octanol–water partition coefficient (Wildman–Crippen LogP) is 2.51. The van der Waals surface area contributed by atoms with Gasteiger partial charge in [-0.25, -0.2) is 0 Å². The monoisotopic (exact) mass is 355 g/mol. The molecule has 2 aliphatic heterocycles. The van der Waals surface area contributed by atoms with E-state index in [1.54, 1.807) is 6.92 Å². The fourth-order valence-electron chi connectivity index (χ4n) is 6.37. The smallest absolute Gasteiger partial charge is 0.303 e. The van der Waals surface area contributed by atoms with Gasteiger partial charge in [-0.2, -0.15) is 0 Å². The van der Waals surface area contributed by atoms with Gasteiger partial charge in [-0.3, -0.25) is 9.59 Å². The van der Waals surface area contributed by atoms with Crippen molar-refractivity contribution in [3.8, 4) is 5.75 Å². The van der Waals surface area contributed by atoms with Crippen molar-refractivity contribution in [3.63, 3.8) is 0 Å². The third-order valence-electron chi connectivity index (χ3n) is 7.20. The number of likely N-dealkylation sites (tertiary alicyclic amines) is 1. The molecule has 5 rings (SSSR count). The molecule has 0 N–H and O–H groups in total. The maximum absolute atomic E-state index is 12.3. The molecule has 1 aromatic carbocycles. The van der Waals surface area contributed by atoms with Gasteiger partial charge in [0, 0.05) is 37.4 Å². The predicted molar refractivity (Wildman–Crippen MR) is 95.0 cm³/mol. The van der Waals surface area contributed by atoms with E-state index >= 15 is 0 Å². The van der Waals surface area contributed by atoms with Crippen molar-refractivity contribution in [3.05, 3.63) is 28.8 Å². The summed E-state index contributed by atoms with van der Waals surface area (Å²) in [4.78, 5) is 26.0. The van der Waals surface area contributed by atoms with E-state index in [0.29, 0.717) is 5.92 Å². The molecule has 0 aromatic heterocycles. The Morgan fingerprint density at radius 1 is 1.27 bits per heavy atom. The number of hydrogen-bond donors (Lipinski definition) is 0. The van der Waals surface area contributed by atoms with Crippen LogP contribution in [0.25, 0.3) is 0 Å². The summed E-state index contributed by atoms with van der Waals surface area (Å²) in [6.45, 7) is 6.01. The molecule has 1 saturated heterocycles. The number of benzene rings is 1. The zero-order valence-corrected chi connectivity index (χ0v) is 15.6. The number of aryl methyl sites for hydroxylation is 1. The summed E-state index contributed by atoms with van der Waals surface area (Å²) in [6, 6.07) is 4.56. The lowest BCUT2D eigenvalue weighted by atomic mass is 9.51. The number of piperidine rings is 1. The van der Waals surface area contributed by atoms with E-state index in [4.69, 9.17) is 9.47 Å². The van der Waals surface area contributed by atoms with Gasteiger partial charge in [-0.15, -0.1) is 0 Å². The second-order valence-corrected chi connectivity index (χ2v) is 8.39. The SMILES string of the molecule is CC(=O)OC1CC[C@@H]2[C@@H]3Cc4ccc(C)c5c4[C@]2(CCN3C(C)=O)[C@@H]1O5. The zero-order chi connectivity index (χ0) is 18.2. The average Bonchev–Trinajstić information content (AvgIpc) is 2.92. The largest absolute Gasteiger partial charge is 0.485 e. The molecule has 5 heteroatoms. The van der Waals surface area contributed by atoms with Gasteiger partial charge in [0.1, 0.15) is 18.0 Å². The van der Waals surface area contributed by atoms with Crippen molar-refractivity contribution in [1.82, 2.24) is 4.90 Å². The second kappa shape index (κ2) is 5.24. The summed E-state index contributed by atoms with van der Waals surface area (Å²) in [5.41, 5.74) is 3.69. The normalized spacial score (nSPS) is 36.2. The van der Waals surface area contributed by atoms with Crippen LogP contribution in [0.1, 0.15) is 49.8 Å². The van der Waals surface area contributed by atoms with Gasteiger partial charge in [-0.05, 0) is 49.7 Å². The fraction of sp³-hybridized carbons (Fsp3) is 0.619. The highest BCUT2D eigenvalue weighted by Crippen LogP contribution is 2.63. The van der Waals surface area contributed by atoms with Crippen LogP contribution in [0.2, 0.25) is 0 Å². The first-order valence-corrected chi connectivity index (χ1v) is 9.67. The first-order valence-electron chi connectivity index (χ1n) is 9.67. The lowest BCUT2D eigenvalue weighted by molar-refractivity contribution is -0.166. The molecule has 4 aliphatic rings. The van der Waals surface area contributed by atoms with E-state index in [2.05, 4.69) is 24.0 Å². The molecule has 2 bridgehead atoms. The van der Waals surface area contributed by atoms with Crippen LogP contribution in [0, 0.1) is 12.8 Å². The third-order valence-corrected chi connectivity index (χ3v) is 7.20. The Kier molecular flexibility index (Phi) is 3.26. The van der Waals surface area contributed by atoms with Crippen molar-refractivity contribution in [2.24, 2.45) is 5.92 Å². The molecule has 1 amide bonds. The van der Waals surface area contributed by atoms with E-state index in [1.807, 2.05) is 0 Å². The van der Waals surface area contributed by atoms with E-state index in [9.17, 15) is 9.59 Å². The summed E-state index contributed by atoms with van der Waals surface area (Å²) in [7, 11) is 0. The van der Waals surface area contributed by atoms with Crippen molar-refractivity contribution in [1.29, 1.82) is 0 Å². The summed E-state index contributed by atoms with van der Waals surface area (Å²) in [6.07, 6.45) is 3.24. The molecule has 2 aliphatic carbocycles. The summed E-state index contributed by atoms with van der Waals surface area (Å²) >= 11 is 0. The number of carbonyl (C=O) groups is 2. The lowest BCUT2D eigenvalue weighted by Gasteiger charge is -2.59. The van der Waals surface area contributed by atoms with E-state index in [0.717, 1.165) is 43.5 Å². The summed E-state index contributed by atoms with van der Waals surface area (Å²) < 4.78 is 12.2. The second-order valence-electron chi connectivity index (χ2n) is 8.39. The molecule has 0 radical (unpaired) electrons. The Morgan fingerprint density at radius 3 is 2.81 bits per heavy atom. The maximum Gasteiger partial charge on any atom is 0.303 e. The molecule has 5 atom stereocenters.